The Bertz CT molecular complexity index is 1140. The van der Waals surface area contributed by atoms with Crippen LogP contribution < -0.4 is 5.73 Å². The molecule has 2 atom stereocenters. The van der Waals surface area contributed by atoms with E-state index in [-0.39, 0.29) is 18.6 Å². The zero-order valence-electron chi connectivity index (χ0n) is 17.7. The first-order chi connectivity index (χ1) is 15.7. The fraction of sp³-hybridized carbons (Fsp3) is 0.522. The summed E-state index contributed by atoms with van der Waals surface area (Å²) >= 11 is 6.47. The quantitative estimate of drug-likeness (QED) is 0.750. The van der Waals surface area contributed by atoms with Crippen molar-refractivity contribution in [2.75, 3.05) is 13.2 Å². The fourth-order valence-electron chi connectivity index (χ4n) is 5.64. The van der Waals surface area contributed by atoms with Crippen molar-refractivity contribution in [3.8, 4) is 5.69 Å². The van der Waals surface area contributed by atoms with Gasteiger partial charge in [-0.25, -0.2) is 9.98 Å². The molecule has 166 valence electrons. The molecule has 2 N–H and O–H groups in total. The van der Waals surface area contributed by atoms with Gasteiger partial charge in [-0.05, 0) is 56.1 Å². The van der Waals surface area contributed by atoms with Gasteiger partial charge in [0.2, 0.25) is 5.90 Å². The molecule has 0 bridgehead atoms. The van der Waals surface area contributed by atoms with Gasteiger partial charge in [0.05, 0.1) is 41.0 Å². The number of benzene rings is 1. The second-order valence-corrected chi connectivity index (χ2v) is 9.96. The van der Waals surface area contributed by atoms with E-state index in [9.17, 15) is 4.79 Å². The van der Waals surface area contributed by atoms with Gasteiger partial charge in [0, 0.05) is 12.5 Å². The molecule has 0 spiro atoms. The van der Waals surface area contributed by atoms with Crippen LogP contribution in [0.5, 0.6) is 0 Å². The number of hydroxylamine groups is 2. The van der Waals surface area contributed by atoms with Crippen LogP contribution in [-0.4, -0.2) is 44.5 Å². The van der Waals surface area contributed by atoms with E-state index in [1.165, 1.54) is 25.7 Å². The third-order valence-corrected chi connectivity index (χ3v) is 7.91. The molecule has 1 amide bonds. The Kier molecular flexibility index (Phi) is 4.05. The molecule has 8 nitrogen and oxygen atoms in total. The molecular weight excluding hydrogens is 428 g/mol. The van der Waals surface area contributed by atoms with Gasteiger partial charge < -0.3 is 15.5 Å². The summed E-state index contributed by atoms with van der Waals surface area (Å²) in [6.07, 6.45) is 7.30. The summed E-state index contributed by atoms with van der Waals surface area (Å²) in [5.41, 5.74) is 9.18. The Balaban J connectivity index is 1.35. The van der Waals surface area contributed by atoms with Gasteiger partial charge in [-0.15, -0.1) is 0 Å². The number of halogens is 1. The average molecular weight is 453 g/mol. The molecule has 3 aliphatic heterocycles. The lowest BCUT2D eigenvalue weighted by molar-refractivity contribution is -0.0889. The first-order valence-corrected chi connectivity index (χ1v) is 11.9. The number of imidazole rings is 1. The maximum absolute atomic E-state index is 13.3. The molecule has 32 heavy (non-hydrogen) atoms. The third kappa shape index (κ3) is 2.66. The highest BCUT2D eigenvalue weighted by Gasteiger charge is 2.50. The Morgan fingerprint density at radius 2 is 1.97 bits per heavy atom. The van der Waals surface area contributed by atoms with Gasteiger partial charge in [-0.3, -0.25) is 9.36 Å². The summed E-state index contributed by atoms with van der Waals surface area (Å²) in [5, 5.41) is 2.20. The topological polar surface area (TPSA) is 89.0 Å². The summed E-state index contributed by atoms with van der Waals surface area (Å²) in [6.45, 7) is 0.933. The highest BCUT2D eigenvalue weighted by molar-refractivity contribution is 6.34. The molecule has 1 saturated heterocycles. The molecule has 5 aliphatic rings. The van der Waals surface area contributed by atoms with Crippen molar-refractivity contribution in [2.45, 2.75) is 44.3 Å². The summed E-state index contributed by atoms with van der Waals surface area (Å²) in [4.78, 5) is 31.2. The molecule has 2 saturated carbocycles. The van der Waals surface area contributed by atoms with Gasteiger partial charge >= 0.3 is 0 Å². The van der Waals surface area contributed by atoms with E-state index in [1.54, 1.807) is 17.5 Å². The number of hydrogen-bond donors (Lipinski definition) is 1. The summed E-state index contributed by atoms with van der Waals surface area (Å²) in [7, 11) is 0. The number of rotatable bonds is 5. The van der Waals surface area contributed by atoms with Crippen LogP contribution in [0, 0.1) is 17.8 Å². The maximum atomic E-state index is 13.3. The molecule has 0 radical (unpaired) electrons. The lowest BCUT2D eigenvalue weighted by atomic mass is 9.96. The largest absolute Gasteiger partial charge is 0.387 e. The number of carbonyl (C=O) groups excluding carboxylic acids is 1. The smallest absolute Gasteiger partial charge is 0.258 e. The van der Waals surface area contributed by atoms with Crippen LogP contribution in [0.2, 0.25) is 5.02 Å². The summed E-state index contributed by atoms with van der Waals surface area (Å²) in [6, 6.07) is 5.52. The summed E-state index contributed by atoms with van der Waals surface area (Å²) < 4.78 is 2.01. The Morgan fingerprint density at radius 1 is 1.19 bits per heavy atom. The molecule has 2 aromatic rings. The fourth-order valence-corrected chi connectivity index (χ4v) is 5.89. The number of aliphatic imine (C=N–C) groups is 1. The van der Waals surface area contributed by atoms with Crippen molar-refractivity contribution in [3.05, 3.63) is 46.5 Å². The van der Waals surface area contributed by atoms with E-state index in [0.29, 0.717) is 34.9 Å². The number of nitrogens with two attached hydrogens (primary N) is 1. The number of carbonyl (C=O) groups is 1. The number of amides is 1. The van der Waals surface area contributed by atoms with E-state index in [4.69, 9.17) is 32.1 Å². The highest BCUT2D eigenvalue weighted by atomic mass is 35.5. The molecular formula is C23H25ClN6O2. The zero-order valence-corrected chi connectivity index (χ0v) is 18.4. The van der Waals surface area contributed by atoms with Crippen molar-refractivity contribution in [2.24, 2.45) is 28.5 Å². The minimum atomic E-state index is -0.399. The average Bonchev–Trinajstić information content (AvgIpc) is 3.68. The molecule has 9 heteroatoms. The van der Waals surface area contributed by atoms with Crippen LogP contribution in [0.15, 0.2) is 29.5 Å². The normalized spacial score (nSPS) is 26.8. The van der Waals surface area contributed by atoms with Gasteiger partial charge in [-0.1, -0.05) is 22.7 Å². The predicted molar refractivity (Wildman–Crippen MR) is 118 cm³/mol. The van der Waals surface area contributed by atoms with Crippen LogP contribution in [0.3, 0.4) is 0 Å². The van der Waals surface area contributed by atoms with Crippen LogP contribution >= 0.6 is 11.6 Å². The van der Waals surface area contributed by atoms with Gasteiger partial charge in [0.1, 0.15) is 5.69 Å². The third-order valence-electron chi connectivity index (χ3n) is 7.60. The first kappa shape index (κ1) is 19.1. The molecule has 1 aromatic carbocycles. The highest BCUT2D eigenvalue weighted by Crippen LogP contribution is 2.52. The minimum Gasteiger partial charge on any atom is -0.387 e. The van der Waals surface area contributed by atoms with E-state index in [2.05, 4.69) is 0 Å². The van der Waals surface area contributed by atoms with E-state index < -0.39 is 6.17 Å². The first-order valence-electron chi connectivity index (χ1n) is 11.5. The van der Waals surface area contributed by atoms with E-state index in [0.717, 1.165) is 29.4 Å². The van der Waals surface area contributed by atoms with Crippen molar-refractivity contribution >= 4 is 23.4 Å². The Labute approximate surface area is 190 Å². The molecule has 3 fully saturated rings. The second-order valence-electron chi connectivity index (χ2n) is 9.55. The maximum Gasteiger partial charge on any atom is 0.258 e. The molecule has 4 heterocycles. The standard InChI is InChI=1S/C23H25ClN6O2/c24-14-2-1-3-15-18(14)23(31)28-9-8-16(28)20-19(26-11-29(15)20)21-27-22(32-30(21)10-25)17(12-4-5-12)13-6-7-13/h1-3,11-13,16-17,21H,4-10,25H2/t16-,21?/m0/s1. The number of hydrogen-bond acceptors (Lipinski definition) is 6. The van der Waals surface area contributed by atoms with Crippen LogP contribution in [0.4, 0.5) is 0 Å². The predicted octanol–water partition coefficient (Wildman–Crippen LogP) is 3.42. The number of nitrogens with zero attached hydrogens (tertiary/aromatic N) is 5. The van der Waals surface area contributed by atoms with Crippen LogP contribution in [-0.2, 0) is 4.84 Å². The molecule has 2 aliphatic carbocycles. The number of fused-ring (bicyclic) bond motifs is 5. The SMILES string of the molecule is NCN1OC(C(C2CC2)C2CC2)=NC1c1ncn2c1[C@@H]1CCN1C(=O)c1c(Cl)cccc1-2. The molecule has 7 rings (SSSR count). The zero-order chi connectivity index (χ0) is 21.6. The van der Waals surface area contributed by atoms with Crippen molar-refractivity contribution in [1.29, 1.82) is 0 Å². The van der Waals surface area contributed by atoms with Crippen LogP contribution in [0.1, 0.15) is 66.1 Å². The van der Waals surface area contributed by atoms with Gasteiger partial charge in [0.25, 0.3) is 5.91 Å². The van der Waals surface area contributed by atoms with E-state index in [1.807, 2.05) is 21.6 Å². The minimum absolute atomic E-state index is 0.0263. The van der Waals surface area contributed by atoms with Crippen molar-refractivity contribution < 1.29 is 9.63 Å². The Hall–Kier alpha value is -2.42. The lowest BCUT2D eigenvalue weighted by Gasteiger charge is -2.40. The monoisotopic (exact) mass is 452 g/mol. The van der Waals surface area contributed by atoms with Gasteiger partial charge in [-0.2, -0.15) is 0 Å². The lowest BCUT2D eigenvalue weighted by Crippen LogP contribution is -2.45. The number of aromatic nitrogens is 2. The Morgan fingerprint density at radius 3 is 2.62 bits per heavy atom. The molecule has 1 aromatic heterocycles. The summed E-state index contributed by atoms with van der Waals surface area (Å²) in [5.74, 6) is 2.57. The second kappa shape index (κ2) is 6.79. The van der Waals surface area contributed by atoms with Crippen molar-refractivity contribution in [3.63, 3.8) is 0 Å². The van der Waals surface area contributed by atoms with Gasteiger partial charge in [0.15, 0.2) is 6.17 Å². The van der Waals surface area contributed by atoms with Crippen LogP contribution in [0.25, 0.3) is 5.69 Å². The molecule has 1 unspecified atom stereocenters. The van der Waals surface area contributed by atoms with Crippen molar-refractivity contribution in [1.82, 2.24) is 19.5 Å². The van der Waals surface area contributed by atoms with E-state index >= 15 is 0 Å².